The Hall–Kier alpha value is -3.76. The molecule has 3 aromatic rings. The van der Waals surface area contributed by atoms with Crippen molar-refractivity contribution in [2.75, 3.05) is 44.1 Å². The summed E-state index contributed by atoms with van der Waals surface area (Å²) in [7, 11) is 1.56. The molecule has 0 bridgehead atoms. The highest BCUT2D eigenvalue weighted by atomic mass is 16.5. The molecule has 10 heteroatoms. The van der Waals surface area contributed by atoms with Crippen molar-refractivity contribution < 1.29 is 19.4 Å². The maximum atomic E-state index is 12.8. The number of nitrogens with one attached hydrogen (secondary N) is 3. The fraction of sp³-hybridized carbons (Fsp3) is 0.407. The number of carbonyl (C=O) groups is 1. The monoisotopic (exact) mass is 504 g/mol. The van der Waals surface area contributed by atoms with Crippen LogP contribution in [0, 0.1) is 0 Å². The summed E-state index contributed by atoms with van der Waals surface area (Å²) in [6.45, 7) is 4.07. The molecule has 0 radical (unpaired) electrons. The van der Waals surface area contributed by atoms with Gasteiger partial charge in [0, 0.05) is 60.3 Å². The van der Waals surface area contributed by atoms with Crippen molar-refractivity contribution in [1.29, 1.82) is 0 Å². The number of aliphatic hydroxyl groups is 1. The third kappa shape index (κ3) is 5.35. The number of aromatic nitrogens is 3. The molecule has 2 unspecified atom stereocenters. The predicted octanol–water partition coefficient (Wildman–Crippen LogP) is 3.27. The largest absolute Gasteiger partial charge is 0.495 e. The molecule has 37 heavy (non-hydrogen) atoms. The van der Waals surface area contributed by atoms with Crippen molar-refractivity contribution in [3.63, 3.8) is 0 Å². The van der Waals surface area contributed by atoms with E-state index in [1.165, 1.54) is 0 Å². The molecule has 2 aliphatic rings. The standard InChI is InChI=1S/C27H32N6O4/c1-27(16-34)15-30-24-20(27)12-18(14-29-24)21-7-9-28-26(32-21)33-22-6-5-17(13-23(22)36-2)25(35)31-19-4-3-10-37-11-8-19/h5-7,9,12-14,19,34H,3-4,8,10-11,15-16H2,1-2H3,(H,29,30)(H,31,35)(H,28,32,33). The summed E-state index contributed by atoms with van der Waals surface area (Å²) < 4.78 is 11.0. The second kappa shape index (κ2) is 10.7. The first-order valence-electron chi connectivity index (χ1n) is 12.5. The van der Waals surface area contributed by atoms with Crippen molar-refractivity contribution in [3.05, 3.63) is 53.9 Å². The van der Waals surface area contributed by atoms with E-state index < -0.39 is 5.41 Å². The minimum atomic E-state index is -0.391. The smallest absolute Gasteiger partial charge is 0.251 e. The van der Waals surface area contributed by atoms with Crippen LogP contribution in [-0.2, 0) is 10.2 Å². The highest BCUT2D eigenvalue weighted by molar-refractivity contribution is 5.95. The molecule has 0 aliphatic carbocycles. The number of fused-ring (bicyclic) bond motifs is 1. The average molecular weight is 505 g/mol. The Morgan fingerprint density at radius 1 is 1.24 bits per heavy atom. The molecule has 194 valence electrons. The maximum absolute atomic E-state index is 12.8. The number of aliphatic hydroxyl groups excluding tert-OH is 1. The summed E-state index contributed by atoms with van der Waals surface area (Å²) in [4.78, 5) is 26.4. The van der Waals surface area contributed by atoms with Gasteiger partial charge in [0.1, 0.15) is 11.6 Å². The number of carbonyl (C=O) groups excluding carboxylic acids is 1. The molecular formula is C27H32N6O4. The Bertz CT molecular complexity index is 1280. The van der Waals surface area contributed by atoms with Gasteiger partial charge in [-0.2, -0.15) is 0 Å². The zero-order valence-electron chi connectivity index (χ0n) is 21.1. The first kappa shape index (κ1) is 24.9. The van der Waals surface area contributed by atoms with Crippen molar-refractivity contribution in [3.8, 4) is 17.0 Å². The Balaban J connectivity index is 1.33. The number of nitrogens with zero attached hydrogens (tertiary/aromatic N) is 3. The molecular weight excluding hydrogens is 472 g/mol. The Morgan fingerprint density at radius 3 is 2.97 bits per heavy atom. The molecule has 1 saturated heterocycles. The SMILES string of the molecule is COc1cc(C(=O)NC2CCCOCC2)ccc1Nc1nccc(-c2cnc3c(c2)C(C)(CO)CN3)n1. The predicted molar refractivity (Wildman–Crippen MR) is 140 cm³/mol. The van der Waals surface area contributed by atoms with Gasteiger partial charge in [0.15, 0.2) is 0 Å². The molecule has 2 aliphatic heterocycles. The number of hydrogen-bond acceptors (Lipinski definition) is 9. The van der Waals surface area contributed by atoms with E-state index in [1.54, 1.807) is 37.7 Å². The molecule has 5 rings (SSSR count). The summed E-state index contributed by atoms with van der Waals surface area (Å²) in [6, 6.07) is 9.19. The quantitative estimate of drug-likeness (QED) is 0.383. The number of benzene rings is 1. The van der Waals surface area contributed by atoms with Crippen LogP contribution < -0.4 is 20.7 Å². The lowest BCUT2D eigenvalue weighted by atomic mass is 9.85. The number of amides is 1. The van der Waals surface area contributed by atoms with E-state index in [0.717, 1.165) is 42.8 Å². The van der Waals surface area contributed by atoms with Gasteiger partial charge in [-0.25, -0.2) is 15.0 Å². The number of rotatable bonds is 7. The summed E-state index contributed by atoms with van der Waals surface area (Å²) in [5.41, 5.74) is 3.26. The Labute approximate surface area is 215 Å². The zero-order valence-corrected chi connectivity index (χ0v) is 21.1. The Kier molecular flexibility index (Phi) is 7.20. The average Bonchev–Trinajstić information content (AvgIpc) is 3.07. The van der Waals surface area contributed by atoms with Crippen LogP contribution in [0.15, 0.2) is 42.7 Å². The molecule has 2 atom stereocenters. The molecule has 4 heterocycles. The second-order valence-electron chi connectivity index (χ2n) is 9.71. The number of pyridine rings is 1. The van der Waals surface area contributed by atoms with E-state index in [0.29, 0.717) is 41.8 Å². The van der Waals surface area contributed by atoms with Crippen LogP contribution >= 0.6 is 0 Å². The van der Waals surface area contributed by atoms with E-state index in [4.69, 9.17) is 9.47 Å². The van der Waals surface area contributed by atoms with E-state index in [9.17, 15) is 9.90 Å². The van der Waals surface area contributed by atoms with E-state index in [1.807, 2.05) is 19.1 Å². The number of ether oxygens (including phenoxy) is 2. The third-order valence-electron chi connectivity index (χ3n) is 6.98. The van der Waals surface area contributed by atoms with Gasteiger partial charge in [-0.1, -0.05) is 6.92 Å². The van der Waals surface area contributed by atoms with E-state index in [-0.39, 0.29) is 18.6 Å². The topological polar surface area (TPSA) is 131 Å². The lowest BCUT2D eigenvalue weighted by Crippen LogP contribution is -2.35. The highest BCUT2D eigenvalue weighted by Gasteiger charge is 2.35. The van der Waals surface area contributed by atoms with Gasteiger partial charge in [-0.15, -0.1) is 0 Å². The van der Waals surface area contributed by atoms with Crippen LogP contribution in [0.2, 0.25) is 0 Å². The summed E-state index contributed by atoms with van der Waals surface area (Å²) >= 11 is 0. The summed E-state index contributed by atoms with van der Waals surface area (Å²) in [5.74, 6) is 1.54. The third-order valence-corrected chi connectivity index (χ3v) is 6.98. The lowest BCUT2D eigenvalue weighted by molar-refractivity contribution is 0.0929. The van der Waals surface area contributed by atoms with Crippen LogP contribution in [0.25, 0.3) is 11.3 Å². The second-order valence-corrected chi connectivity index (χ2v) is 9.71. The summed E-state index contributed by atoms with van der Waals surface area (Å²) in [6.07, 6.45) is 6.09. The van der Waals surface area contributed by atoms with Crippen molar-refractivity contribution in [2.45, 2.75) is 37.6 Å². The minimum absolute atomic E-state index is 0.0254. The van der Waals surface area contributed by atoms with Crippen molar-refractivity contribution >= 4 is 23.4 Å². The van der Waals surface area contributed by atoms with Gasteiger partial charge < -0.3 is 30.5 Å². The fourth-order valence-electron chi connectivity index (χ4n) is 4.67. The van der Waals surface area contributed by atoms with Crippen LogP contribution in [0.4, 0.5) is 17.5 Å². The molecule has 4 N–H and O–H groups in total. The first-order chi connectivity index (χ1) is 18.0. The number of methoxy groups -OCH3 is 1. The van der Waals surface area contributed by atoms with E-state index in [2.05, 4.69) is 30.9 Å². The molecule has 10 nitrogen and oxygen atoms in total. The normalized spacial score (nSPS) is 20.9. The molecule has 0 saturated carbocycles. The maximum Gasteiger partial charge on any atom is 0.251 e. The van der Waals surface area contributed by atoms with Gasteiger partial charge in [0.05, 0.1) is 25.1 Å². The molecule has 1 fully saturated rings. The van der Waals surface area contributed by atoms with Gasteiger partial charge >= 0.3 is 0 Å². The van der Waals surface area contributed by atoms with Crippen molar-refractivity contribution in [2.24, 2.45) is 0 Å². The van der Waals surface area contributed by atoms with Crippen LogP contribution in [-0.4, -0.2) is 65.5 Å². The zero-order chi connectivity index (χ0) is 25.8. The highest BCUT2D eigenvalue weighted by Crippen LogP contribution is 2.37. The molecule has 0 spiro atoms. The lowest BCUT2D eigenvalue weighted by Gasteiger charge is -2.20. The first-order valence-corrected chi connectivity index (χ1v) is 12.5. The number of hydrogen-bond donors (Lipinski definition) is 4. The Morgan fingerprint density at radius 2 is 2.14 bits per heavy atom. The fourth-order valence-corrected chi connectivity index (χ4v) is 4.67. The minimum Gasteiger partial charge on any atom is -0.495 e. The van der Waals surface area contributed by atoms with E-state index >= 15 is 0 Å². The number of anilines is 3. The van der Waals surface area contributed by atoms with Gasteiger partial charge in [0.25, 0.3) is 5.91 Å². The summed E-state index contributed by atoms with van der Waals surface area (Å²) in [5, 5.41) is 19.4. The van der Waals surface area contributed by atoms with Crippen LogP contribution in [0.1, 0.15) is 42.1 Å². The van der Waals surface area contributed by atoms with Crippen LogP contribution in [0.5, 0.6) is 5.75 Å². The van der Waals surface area contributed by atoms with Crippen LogP contribution in [0.3, 0.4) is 0 Å². The van der Waals surface area contributed by atoms with Crippen molar-refractivity contribution in [1.82, 2.24) is 20.3 Å². The molecule has 1 amide bonds. The van der Waals surface area contributed by atoms with Gasteiger partial charge in [-0.05, 0) is 49.6 Å². The molecule has 1 aromatic carbocycles. The molecule has 2 aromatic heterocycles. The van der Waals surface area contributed by atoms with Gasteiger partial charge in [-0.3, -0.25) is 4.79 Å². The van der Waals surface area contributed by atoms with Gasteiger partial charge in [0.2, 0.25) is 5.95 Å².